The zero-order valence-corrected chi connectivity index (χ0v) is 18.0. The number of aromatic nitrogens is 5. The normalized spacial score (nSPS) is 10.9. The van der Waals surface area contributed by atoms with E-state index in [4.69, 9.17) is 4.74 Å². The summed E-state index contributed by atoms with van der Waals surface area (Å²) < 4.78 is 6.57. The molecule has 4 rings (SSSR count). The Balaban J connectivity index is 1.53. The fourth-order valence-electron chi connectivity index (χ4n) is 2.91. The van der Waals surface area contributed by atoms with E-state index in [1.807, 2.05) is 32.0 Å². The first-order chi connectivity index (χ1) is 14.9. The molecule has 0 spiro atoms. The Morgan fingerprint density at radius 2 is 1.90 bits per heavy atom. The van der Waals surface area contributed by atoms with E-state index < -0.39 is 0 Å². The molecule has 2 heterocycles. The zero-order chi connectivity index (χ0) is 22.0. The summed E-state index contributed by atoms with van der Waals surface area (Å²) in [6.45, 7) is 4.01. The second kappa shape index (κ2) is 8.60. The molecule has 4 aromatic rings. The molecule has 9 nitrogen and oxygen atoms in total. The number of rotatable bonds is 6. The van der Waals surface area contributed by atoms with Crippen molar-refractivity contribution in [2.75, 3.05) is 18.2 Å². The molecule has 0 saturated carbocycles. The van der Waals surface area contributed by atoms with Gasteiger partial charge in [0.25, 0.3) is 11.3 Å². The number of thioether (sulfide) groups is 1. The molecule has 10 heteroatoms. The van der Waals surface area contributed by atoms with Crippen LogP contribution in [0.15, 0.2) is 52.4 Å². The van der Waals surface area contributed by atoms with E-state index in [-0.39, 0.29) is 28.7 Å². The van der Waals surface area contributed by atoms with Crippen molar-refractivity contribution >= 4 is 29.1 Å². The van der Waals surface area contributed by atoms with Crippen molar-refractivity contribution in [3.8, 4) is 17.0 Å². The highest BCUT2D eigenvalue weighted by Crippen LogP contribution is 2.20. The van der Waals surface area contributed by atoms with Crippen molar-refractivity contribution in [2.45, 2.75) is 19.0 Å². The lowest BCUT2D eigenvalue weighted by Gasteiger charge is -2.07. The molecule has 0 aliphatic carbocycles. The van der Waals surface area contributed by atoms with E-state index in [1.165, 1.54) is 16.3 Å². The van der Waals surface area contributed by atoms with Crippen LogP contribution in [-0.4, -0.2) is 43.6 Å². The highest BCUT2D eigenvalue weighted by atomic mass is 32.2. The van der Waals surface area contributed by atoms with Gasteiger partial charge in [-0.15, -0.1) is 10.2 Å². The van der Waals surface area contributed by atoms with Crippen LogP contribution in [0.4, 0.5) is 5.69 Å². The summed E-state index contributed by atoms with van der Waals surface area (Å²) in [4.78, 5) is 27.5. The smallest absolute Gasteiger partial charge is 0.279 e. The molecule has 2 N–H and O–H groups in total. The minimum absolute atomic E-state index is 0.117. The molecule has 2 aromatic heterocycles. The SMILES string of the molecule is COc1ccc(-c2nn3c(SCC(=O)Nc4ccc(C)c(C)c4)nnc3[nH]c2=O)cc1. The van der Waals surface area contributed by atoms with Gasteiger partial charge in [-0.1, -0.05) is 17.8 Å². The summed E-state index contributed by atoms with van der Waals surface area (Å²) in [6.07, 6.45) is 0. The summed E-state index contributed by atoms with van der Waals surface area (Å²) in [5.41, 5.74) is 3.47. The van der Waals surface area contributed by atoms with Gasteiger partial charge in [-0.3, -0.25) is 14.6 Å². The number of hydrogen-bond acceptors (Lipinski definition) is 7. The number of methoxy groups -OCH3 is 1. The third-order valence-electron chi connectivity index (χ3n) is 4.74. The average Bonchev–Trinajstić information content (AvgIpc) is 3.16. The number of hydrogen-bond donors (Lipinski definition) is 2. The Hall–Kier alpha value is -3.66. The van der Waals surface area contributed by atoms with Crippen molar-refractivity contribution in [1.82, 2.24) is 24.8 Å². The predicted molar refractivity (Wildman–Crippen MR) is 119 cm³/mol. The van der Waals surface area contributed by atoms with Crippen LogP contribution >= 0.6 is 11.8 Å². The van der Waals surface area contributed by atoms with Crippen molar-refractivity contribution in [3.05, 3.63) is 63.9 Å². The largest absolute Gasteiger partial charge is 0.497 e. The van der Waals surface area contributed by atoms with Gasteiger partial charge in [0, 0.05) is 11.3 Å². The maximum absolute atomic E-state index is 12.4. The number of aromatic amines is 1. The van der Waals surface area contributed by atoms with Crippen LogP contribution in [0.1, 0.15) is 11.1 Å². The monoisotopic (exact) mass is 436 g/mol. The standard InChI is InChI=1S/C21H20N6O3S/c1-12-4-7-15(10-13(12)2)22-17(28)11-31-21-25-24-20-23-19(29)18(26-27(20)21)14-5-8-16(30-3)9-6-14/h4-10H,11H2,1-3H3,(H,22,28)(H,23,24,29). The molecule has 31 heavy (non-hydrogen) atoms. The number of carbonyl (C=O) groups excluding carboxylic acids is 1. The molecule has 0 fully saturated rings. The van der Waals surface area contributed by atoms with Crippen LogP contribution in [0.2, 0.25) is 0 Å². The lowest BCUT2D eigenvalue weighted by atomic mass is 10.1. The van der Waals surface area contributed by atoms with Crippen molar-refractivity contribution < 1.29 is 9.53 Å². The minimum Gasteiger partial charge on any atom is -0.497 e. The first kappa shape index (κ1) is 20.6. The number of carbonyl (C=O) groups is 1. The van der Waals surface area contributed by atoms with Crippen LogP contribution in [0.3, 0.4) is 0 Å². The van der Waals surface area contributed by atoms with E-state index in [0.717, 1.165) is 16.8 Å². The lowest BCUT2D eigenvalue weighted by molar-refractivity contribution is -0.113. The number of ether oxygens (including phenoxy) is 1. The van der Waals surface area contributed by atoms with Gasteiger partial charge < -0.3 is 10.1 Å². The fourth-order valence-corrected chi connectivity index (χ4v) is 3.59. The van der Waals surface area contributed by atoms with Crippen molar-refractivity contribution in [2.24, 2.45) is 0 Å². The van der Waals surface area contributed by atoms with E-state index in [9.17, 15) is 9.59 Å². The third-order valence-corrected chi connectivity index (χ3v) is 5.66. The summed E-state index contributed by atoms with van der Waals surface area (Å²) >= 11 is 1.18. The summed E-state index contributed by atoms with van der Waals surface area (Å²) in [7, 11) is 1.57. The molecular formula is C21H20N6O3S. The number of fused-ring (bicyclic) bond motifs is 1. The number of aryl methyl sites for hydroxylation is 2. The second-order valence-electron chi connectivity index (χ2n) is 6.89. The Labute approximate surface area is 181 Å². The van der Waals surface area contributed by atoms with Crippen molar-refractivity contribution in [3.63, 3.8) is 0 Å². The van der Waals surface area contributed by atoms with E-state index in [0.29, 0.717) is 16.5 Å². The fraction of sp³-hybridized carbons (Fsp3) is 0.190. The van der Waals surface area contributed by atoms with Crippen LogP contribution in [0, 0.1) is 13.8 Å². The number of amides is 1. The van der Waals surface area contributed by atoms with Gasteiger partial charge >= 0.3 is 0 Å². The Bertz CT molecular complexity index is 1310. The molecule has 0 unspecified atom stereocenters. The molecular weight excluding hydrogens is 416 g/mol. The highest BCUT2D eigenvalue weighted by Gasteiger charge is 2.15. The van der Waals surface area contributed by atoms with Crippen LogP contribution in [0.25, 0.3) is 17.0 Å². The lowest BCUT2D eigenvalue weighted by Crippen LogP contribution is -2.16. The number of nitrogens with one attached hydrogen (secondary N) is 2. The van der Waals surface area contributed by atoms with Gasteiger partial charge in [0.2, 0.25) is 11.1 Å². The van der Waals surface area contributed by atoms with E-state index >= 15 is 0 Å². The zero-order valence-electron chi connectivity index (χ0n) is 17.2. The van der Waals surface area contributed by atoms with Crippen LogP contribution in [0.5, 0.6) is 5.75 Å². The summed E-state index contributed by atoms with van der Waals surface area (Å²) in [5, 5.41) is 15.7. The molecule has 2 aromatic carbocycles. The molecule has 0 aliphatic rings. The quantitative estimate of drug-likeness (QED) is 0.447. The molecule has 0 saturated heterocycles. The number of nitrogens with zero attached hydrogens (tertiary/aromatic N) is 4. The van der Waals surface area contributed by atoms with Gasteiger partial charge in [0.05, 0.1) is 12.9 Å². The molecule has 0 bridgehead atoms. The van der Waals surface area contributed by atoms with Gasteiger partial charge in [-0.25, -0.2) is 0 Å². The van der Waals surface area contributed by atoms with Gasteiger partial charge in [0.1, 0.15) is 5.75 Å². The number of H-pyrrole nitrogens is 1. The first-order valence-corrected chi connectivity index (χ1v) is 10.4. The summed E-state index contributed by atoms with van der Waals surface area (Å²) in [6, 6.07) is 12.7. The maximum atomic E-state index is 12.4. The minimum atomic E-state index is -0.380. The average molecular weight is 436 g/mol. The Morgan fingerprint density at radius 3 is 2.61 bits per heavy atom. The highest BCUT2D eigenvalue weighted by molar-refractivity contribution is 7.99. The molecule has 0 aliphatic heterocycles. The van der Waals surface area contributed by atoms with Crippen LogP contribution in [-0.2, 0) is 4.79 Å². The molecule has 1 amide bonds. The third kappa shape index (κ3) is 4.43. The first-order valence-electron chi connectivity index (χ1n) is 9.44. The van der Waals surface area contributed by atoms with E-state index in [1.54, 1.807) is 31.4 Å². The topological polar surface area (TPSA) is 114 Å². The molecule has 0 atom stereocenters. The van der Waals surface area contributed by atoms with Crippen molar-refractivity contribution in [1.29, 1.82) is 0 Å². The van der Waals surface area contributed by atoms with Gasteiger partial charge in [0.15, 0.2) is 5.69 Å². The number of anilines is 1. The van der Waals surface area contributed by atoms with Gasteiger partial charge in [-0.05, 0) is 61.4 Å². The Kier molecular flexibility index (Phi) is 5.72. The molecule has 0 radical (unpaired) electrons. The van der Waals surface area contributed by atoms with E-state index in [2.05, 4.69) is 25.6 Å². The maximum Gasteiger partial charge on any atom is 0.279 e. The number of benzene rings is 2. The predicted octanol–water partition coefficient (Wildman–Crippen LogP) is 2.84. The summed E-state index contributed by atoms with van der Waals surface area (Å²) in [5.74, 6) is 0.826. The molecule has 158 valence electrons. The Morgan fingerprint density at radius 1 is 1.13 bits per heavy atom. The second-order valence-corrected chi connectivity index (χ2v) is 7.83. The van der Waals surface area contributed by atoms with Crippen LogP contribution < -0.4 is 15.6 Å². The van der Waals surface area contributed by atoms with Gasteiger partial charge in [-0.2, -0.15) is 9.61 Å².